The average Bonchev–Trinajstić information content (AvgIpc) is 3.70. The number of hydrogen-bond acceptors (Lipinski definition) is 10. The second-order valence-electron chi connectivity index (χ2n) is 13.5. The summed E-state index contributed by atoms with van der Waals surface area (Å²) in [6, 6.07) is 16.2. The molecule has 0 radical (unpaired) electrons. The van der Waals surface area contributed by atoms with Crippen LogP contribution in [0, 0.1) is 0 Å². The predicted molar refractivity (Wildman–Crippen MR) is 196 cm³/mol. The van der Waals surface area contributed by atoms with E-state index in [1.807, 2.05) is 78.4 Å². The van der Waals surface area contributed by atoms with E-state index in [2.05, 4.69) is 41.5 Å². The smallest absolute Gasteiger partial charge is 0.248 e. The largest absolute Gasteiger partial charge is 0.350 e. The Balaban J connectivity index is 1.16. The molecule has 0 saturated carbocycles. The zero-order valence-electron chi connectivity index (χ0n) is 29.2. The molecule has 5 heterocycles. The first-order valence-electron chi connectivity index (χ1n) is 17.4. The Labute approximate surface area is 292 Å². The first kappa shape index (κ1) is 33.6. The number of nitrogens with zero attached hydrogens (tertiary/aromatic N) is 7. The summed E-state index contributed by atoms with van der Waals surface area (Å²) < 4.78 is 13.9. The van der Waals surface area contributed by atoms with Crippen molar-refractivity contribution in [1.82, 2.24) is 29.5 Å². The van der Waals surface area contributed by atoms with Gasteiger partial charge in [0.1, 0.15) is 0 Å². The Morgan fingerprint density at radius 1 is 1.06 bits per heavy atom. The van der Waals surface area contributed by atoms with Gasteiger partial charge in [-0.1, -0.05) is 50.3 Å². The molecule has 2 aromatic carbocycles. The highest BCUT2D eigenvalue weighted by Crippen LogP contribution is 2.34. The number of likely N-dealkylation sites (N-methyl/N-ethyl adjacent to an activating group) is 1. The molecule has 1 amide bonds. The minimum absolute atomic E-state index is 0.159. The topological polar surface area (TPSA) is 122 Å². The van der Waals surface area contributed by atoms with E-state index in [0.717, 1.165) is 76.8 Å². The lowest BCUT2D eigenvalue weighted by molar-refractivity contribution is -0.162. The maximum absolute atomic E-state index is 12.5. The lowest BCUT2D eigenvalue weighted by Crippen LogP contribution is -2.33. The molecule has 50 heavy (non-hydrogen) atoms. The number of pyridine rings is 1. The number of ether oxygens (including phenoxy) is 2. The molecule has 0 bridgehead atoms. The number of fused-ring (bicyclic) bond motifs is 2. The summed E-state index contributed by atoms with van der Waals surface area (Å²) in [5.41, 5.74) is 5.56. The molecule has 0 aliphatic carbocycles. The number of amides is 1. The number of aromatic nitrogens is 5. The maximum atomic E-state index is 12.5. The Morgan fingerprint density at radius 3 is 2.72 bits per heavy atom. The molecule has 2 N–H and O–H groups in total. The van der Waals surface area contributed by atoms with Gasteiger partial charge in [-0.3, -0.25) is 9.78 Å². The van der Waals surface area contributed by atoms with Crippen molar-refractivity contribution >= 4 is 39.9 Å². The second-order valence-corrected chi connectivity index (χ2v) is 13.5. The molecule has 1 spiro atoms. The molecular formula is C38H45N9O3. The van der Waals surface area contributed by atoms with Gasteiger partial charge in [-0.25, -0.2) is 0 Å². The fraction of sp³-hybridized carbons (Fsp3) is 0.395. The number of rotatable bonds is 10. The zero-order valence-corrected chi connectivity index (χ0v) is 29.2. The van der Waals surface area contributed by atoms with Crippen LogP contribution in [0.1, 0.15) is 50.2 Å². The highest BCUT2D eigenvalue weighted by molar-refractivity contribution is 6.02. The van der Waals surface area contributed by atoms with Gasteiger partial charge in [0, 0.05) is 73.5 Å². The molecule has 260 valence electrons. The Morgan fingerprint density at radius 2 is 1.90 bits per heavy atom. The van der Waals surface area contributed by atoms with Crippen molar-refractivity contribution in [2.75, 3.05) is 62.5 Å². The number of carbonyl (C=O) groups excluding carboxylic acids is 1. The van der Waals surface area contributed by atoms with E-state index in [9.17, 15) is 4.79 Å². The standard InChI is InChI=1S/C38H45N9O3/c1-26(2)32-25-41-47-35(32)43-37(46-19-8-15-38(16-20-46)49-21-22-50-38)44-36(47)40-24-28-9-5-6-10-30(28)34-31-13-12-29(23-27(31)14-17-39-34)42-33(48)11-7-18-45(3)4/h5-7,9-14,17,23,25-26H,8,15-16,18-22,24H2,1-4H3,(H,42,48)(H,40,43,44)/b11-7+. The van der Waals surface area contributed by atoms with E-state index < -0.39 is 5.79 Å². The van der Waals surface area contributed by atoms with Crippen LogP contribution in [0.2, 0.25) is 0 Å². The average molecular weight is 676 g/mol. The van der Waals surface area contributed by atoms with Crippen LogP contribution in [0.5, 0.6) is 0 Å². The normalized spacial score (nSPS) is 16.3. The molecule has 2 saturated heterocycles. The molecule has 0 unspecified atom stereocenters. The lowest BCUT2D eigenvalue weighted by atomic mass is 9.99. The summed E-state index contributed by atoms with van der Waals surface area (Å²) in [7, 11) is 3.93. The van der Waals surface area contributed by atoms with Crippen LogP contribution in [0.4, 0.5) is 17.6 Å². The van der Waals surface area contributed by atoms with Crippen LogP contribution < -0.4 is 15.5 Å². The van der Waals surface area contributed by atoms with Crippen molar-refractivity contribution in [3.63, 3.8) is 0 Å². The summed E-state index contributed by atoms with van der Waals surface area (Å²) in [5, 5.41) is 13.3. The summed E-state index contributed by atoms with van der Waals surface area (Å²) in [4.78, 5) is 31.7. The number of benzene rings is 2. The van der Waals surface area contributed by atoms with Gasteiger partial charge in [-0.2, -0.15) is 19.6 Å². The third-order valence-corrected chi connectivity index (χ3v) is 9.33. The SMILES string of the molecule is CC(C)c1cnn2c(NCc3ccccc3-c3nccc4cc(NC(=O)/C=C/CN(C)C)ccc34)nc(N3CCCC4(CC3)OCCO4)nc12. The molecule has 7 rings (SSSR count). The third kappa shape index (κ3) is 7.18. The van der Waals surface area contributed by atoms with Gasteiger partial charge in [0.15, 0.2) is 11.4 Å². The Kier molecular flexibility index (Phi) is 9.75. The minimum Gasteiger partial charge on any atom is -0.350 e. The monoisotopic (exact) mass is 675 g/mol. The van der Waals surface area contributed by atoms with Crippen molar-refractivity contribution < 1.29 is 14.3 Å². The van der Waals surface area contributed by atoms with Crippen molar-refractivity contribution in [3.8, 4) is 11.3 Å². The fourth-order valence-corrected chi connectivity index (χ4v) is 6.72. The first-order valence-corrected chi connectivity index (χ1v) is 17.4. The van der Waals surface area contributed by atoms with Crippen LogP contribution in [-0.4, -0.2) is 88.1 Å². The van der Waals surface area contributed by atoms with Gasteiger partial charge in [-0.05, 0) is 55.6 Å². The van der Waals surface area contributed by atoms with Crippen molar-refractivity contribution in [2.45, 2.75) is 51.4 Å². The zero-order chi connectivity index (χ0) is 34.7. The fourth-order valence-electron chi connectivity index (χ4n) is 6.72. The van der Waals surface area contributed by atoms with Gasteiger partial charge in [-0.15, -0.1) is 0 Å². The number of hydrogen-bond donors (Lipinski definition) is 2. The van der Waals surface area contributed by atoms with Crippen LogP contribution in [0.15, 0.2) is 73.1 Å². The molecule has 2 fully saturated rings. The van der Waals surface area contributed by atoms with Crippen LogP contribution in [-0.2, 0) is 20.8 Å². The molecular weight excluding hydrogens is 630 g/mol. The summed E-state index contributed by atoms with van der Waals surface area (Å²) >= 11 is 0. The lowest BCUT2D eigenvalue weighted by Gasteiger charge is -2.26. The Hall–Kier alpha value is -4.91. The Bertz CT molecular complexity index is 2020. The van der Waals surface area contributed by atoms with Crippen LogP contribution in [0.25, 0.3) is 27.7 Å². The van der Waals surface area contributed by atoms with E-state index in [1.165, 1.54) is 0 Å². The van der Waals surface area contributed by atoms with E-state index in [4.69, 9.17) is 29.5 Å². The highest BCUT2D eigenvalue weighted by Gasteiger charge is 2.38. The molecule has 12 nitrogen and oxygen atoms in total. The third-order valence-electron chi connectivity index (χ3n) is 9.33. The number of nitrogens with one attached hydrogen (secondary N) is 2. The van der Waals surface area contributed by atoms with E-state index >= 15 is 0 Å². The minimum atomic E-state index is -0.488. The quantitative estimate of drug-likeness (QED) is 0.174. The molecule has 2 aliphatic heterocycles. The van der Waals surface area contributed by atoms with Crippen molar-refractivity contribution in [3.05, 3.63) is 84.2 Å². The van der Waals surface area contributed by atoms with Gasteiger partial charge in [0.05, 0.1) is 25.1 Å². The van der Waals surface area contributed by atoms with Gasteiger partial charge in [0.25, 0.3) is 0 Å². The van der Waals surface area contributed by atoms with E-state index in [0.29, 0.717) is 38.2 Å². The summed E-state index contributed by atoms with van der Waals surface area (Å²) in [6.45, 7) is 8.37. The van der Waals surface area contributed by atoms with Crippen LogP contribution >= 0.6 is 0 Å². The molecule has 0 atom stereocenters. The molecule has 3 aromatic heterocycles. The van der Waals surface area contributed by atoms with Crippen molar-refractivity contribution in [1.29, 1.82) is 0 Å². The van der Waals surface area contributed by atoms with Gasteiger partial charge in [0.2, 0.25) is 17.8 Å². The first-order chi connectivity index (χ1) is 24.3. The van der Waals surface area contributed by atoms with Gasteiger partial charge >= 0.3 is 0 Å². The summed E-state index contributed by atoms with van der Waals surface area (Å²) in [5.74, 6) is 0.912. The maximum Gasteiger partial charge on any atom is 0.248 e. The van der Waals surface area contributed by atoms with Crippen molar-refractivity contribution in [2.24, 2.45) is 0 Å². The van der Waals surface area contributed by atoms with E-state index in [1.54, 1.807) is 6.08 Å². The summed E-state index contributed by atoms with van der Waals surface area (Å²) in [6.07, 6.45) is 9.69. The molecule has 5 aromatic rings. The highest BCUT2D eigenvalue weighted by atomic mass is 16.7. The molecule has 2 aliphatic rings. The van der Waals surface area contributed by atoms with Crippen LogP contribution in [0.3, 0.4) is 0 Å². The second kappa shape index (κ2) is 14.5. The van der Waals surface area contributed by atoms with Gasteiger partial charge < -0.3 is 29.9 Å². The number of anilines is 3. The number of carbonyl (C=O) groups is 1. The van der Waals surface area contributed by atoms with E-state index in [-0.39, 0.29) is 11.8 Å². The molecule has 12 heteroatoms. The predicted octanol–water partition coefficient (Wildman–Crippen LogP) is 5.86.